The Balaban J connectivity index is 2.05. The lowest BCUT2D eigenvalue weighted by atomic mass is 9.99. The molecule has 0 aliphatic carbocycles. The van der Waals surface area contributed by atoms with Crippen molar-refractivity contribution in [1.82, 2.24) is 4.90 Å². The molecule has 27 heavy (non-hydrogen) atoms. The molecule has 8 heteroatoms. The smallest absolute Gasteiger partial charge is 0.417 e. The van der Waals surface area contributed by atoms with E-state index >= 15 is 0 Å². The second-order valence-electron chi connectivity index (χ2n) is 6.52. The lowest BCUT2D eigenvalue weighted by Crippen LogP contribution is -2.51. The van der Waals surface area contributed by atoms with Crippen LogP contribution in [0.3, 0.4) is 0 Å². The first kappa shape index (κ1) is 20.7. The van der Waals surface area contributed by atoms with Crippen molar-refractivity contribution in [3.8, 4) is 0 Å². The molecular formula is C19H27N3O5. The van der Waals surface area contributed by atoms with Crippen molar-refractivity contribution in [3.05, 3.63) is 35.9 Å². The monoisotopic (exact) mass is 377 g/mol. The maximum absolute atomic E-state index is 12.8. The van der Waals surface area contributed by atoms with E-state index in [1.54, 1.807) is 0 Å². The van der Waals surface area contributed by atoms with Crippen molar-refractivity contribution in [2.75, 3.05) is 13.7 Å². The molecule has 1 aromatic rings. The molecule has 1 aromatic carbocycles. The quantitative estimate of drug-likeness (QED) is 0.782. The Kier molecular flexibility index (Phi) is 7.60. The van der Waals surface area contributed by atoms with E-state index in [0.29, 0.717) is 12.3 Å². The zero-order valence-corrected chi connectivity index (χ0v) is 16.0. The van der Waals surface area contributed by atoms with Crippen molar-refractivity contribution in [2.24, 2.45) is 16.8 Å². The predicted molar refractivity (Wildman–Crippen MR) is 99.7 cm³/mol. The summed E-state index contributed by atoms with van der Waals surface area (Å²) in [6, 6.07) is 8.44. The third-order valence-corrected chi connectivity index (χ3v) is 4.56. The predicted octanol–water partition coefficient (Wildman–Crippen LogP) is 2.27. The molecule has 2 rings (SSSR count). The van der Waals surface area contributed by atoms with Gasteiger partial charge in [0, 0.05) is 0 Å². The summed E-state index contributed by atoms with van der Waals surface area (Å²) >= 11 is 0. The maximum atomic E-state index is 12.8. The molecule has 148 valence electrons. The van der Waals surface area contributed by atoms with Gasteiger partial charge >= 0.3 is 6.09 Å². The Morgan fingerprint density at radius 3 is 2.67 bits per heavy atom. The third-order valence-electron chi connectivity index (χ3n) is 4.56. The first-order chi connectivity index (χ1) is 13.0. The van der Waals surface area contributed by atoms with Gasteiger partial charge in [-0.05, 0) is 11.5 Å². The SMILES string of the molecule is CC[C@H](C)[C@H](N)C(=O)N(CC1CC(OC)=NO1)C(=O)OCc1ccccc1. The third kappa shape index (κ3) is 5.68. The molecule has 8 nitrogen and oxygen atoms in total. The Labute approximate surface area is 159 Å². The number of ether oxygens (including phenoxy) is 2. The van der Waals surface area contributed by atoms with Gasteiger partial charge in [0.05, 0.1) is 26.1 Å². The zero-order valence-electron chi connectivity index (χ0n) is 16.0. The van der Waals surface area contributed by atoms with Gasteiger partial charge in [0.2, 0.25) is 11.8 Å². The standard InChI is InChI=1S/C19H27N3O5/c1-4-13(2)17(20)18(23)22(11-15-10-16(25-3)21-27-15)19(24)26-12-14-8-6-5-7-9-14/h5-9,13,15,17H,4,10-12,20H2,1-3H3/t13-,15?,17-/m0/s1. The Morgan fingerprint density at radius 2 is 2.07 bits per heavy atom. The van der Waals surface area contributed by atoms with E-state index in [4.69, 9.17) is 20.0 Å². The number of hydrogen-bond donors (Lipinski definition) is 1. The van der Waals surface area contributed by atoms with Gasteiger partial charge in [0.25, 0.3) is 0 Å². The number of oxime groups is 1. The van der Waals surface area contributed by atoms with Crippen LogP contribution in [-0.2, 0) is 25.7 Å². The highest BCUT2D eigenvalue weighted by Crippen LogP contribution is 2.16. The normalized spacial score (nSPS) is 18.1. The molecule has 1 unspecified atom stereocenters. The summed E-state index contributed by atoms with van der Waals surface area (Å²) in [5.74, 6) is -0.148. The fourth-order valence-electron chi connectivity index (χ4n) is 2.55. The van der Waals surface area contributed by atoms with Gasteiger partial charge in [-0.15, -0.1) is 0 Å². The van der Waals surface area contributed by atoms with Crippen LogP contribution < -0.4 is 5.73 Å². The van der Waals surface area contributed by atoms with Gasteiger partial charge in [-0.1, -0.05) is 55.8 Å². The average Bonchev–Trinajstić information content (AvgIpc) is 3.17. The number of imide groups is 1. The van der Waals surface area contributed by atoms with Crippen molar-refractivity contribution in [2.45, 2.75) is 45.4 Å². The molecule has 0 saturated heterocycles. The van der Waals surface area contributed by atoms with Crippen molar-refractivity contribution >= 4 is 17.9 Å². The molecule has 0 aromatic heterocycles. The van der Waals surface area contributed by atoms with Gasteiger partial charge in [-0.25, -0.2) is 9.69 Å². The lowest BCUT2D eigenvalue weighted by molar-refractivity contribution is -0.133. The molecule has 0 spiro atoms. The summed E-state index contributed by atoms with van der Waals surface area (Å²) < 4.78 is 10.4. The first-order valence-corrected chi connectivity index (χ1v) is 9.00. The van der Waals surface area contributed by atoms with Crippen LogP contribution in [0.4, 0.5) is 4.79 Å². The summed E-state index contributed by atoms with van der Waals surface area (Å²) in [6.07, 6.45) is -0.157. The number of benzene rings is 1. The zero-order chi connectivity index (χ0) is 19.8. The topological polar surface area (TPSA) is 103 Å². The number of carbonyl (C=O) groups is 2. The molecule has 2 amide bonds. The van der Waals surface area contributed by atoms with Crippen LogP contribution in [0.1, 0.15) is 32.3 Å². The molecule has 0 fully saturated rings. The minimum Gasteiger partial charge on any atom is -0.482 e. The van der Waals surface area contributed by atoms with Crippen LogP contribution in [-0.4, -0.2) is 48.6 Å². The minimum atomic E-state index is -0.802. The summed E-state index contributed by atoms with van der Waals surface area (Å²) in [6.45, 7) is 3.86. The van der Waals surface area contributed by atoms with Crippen molar-refractivity contribution < 1.29 is 23.9 Å². The largest absolute Gasteiger partial charge is 0.482 e. The first-order valence-electron chi connectivity index (χ1n) is 9.00. The average molecular weight is 377 g/mol. The maximum Gasteiger partial charge on any atom is 0.417 e. The summed E-state index contributed by atoms with van der Waals surface area (Å²) in [5, 5.41) is 3.77. The van der Waals surface area contributed by atoms with Gasteiger partial charge < -0.3 is 20.0 Å². The fourth-order valence-corrected chi connectivity index (χ4v) is 2.55. The Bertz CT molecular complexity index is 665. The summed E-state index contributed by atoms with van der Waals surface area (Å²) in [4.78, 5) is 31.7. The van der Waals surface area contributed by atoms with E-state index in [1.807, 2.05) is 44.2 Å². The van der Waals surface area contributed by atoms with Crippen LogP contribution in [0.5, 0.6) is 0 Å². The highest BCUT2D eigenvalue weighted by Gasteiger charge is 2.35. The molecule has 0 saturated carbocycles. The van der Waals surface area contributed by atoms with Crippen LogP contribution >= 0.6 is 0 Å². The Morgan fingerprint density at radius 1 is 1.37 bits per heavy atom. The number of methoxy groups -OCH3 is 1. The molecule has 3 atom stereocenters. The van der Waals surface area contributed by atoms with Crippen LogP contribution in [0, 0.1) is 5.92 Å². The second-order valence-corrected chi connectivity index (χ2v) is 6.52. The van der Waals surface area contributed by atoms with Crippen molar-refractivity contribution in [3.63, 3.8) is 0 Å². The van der Waals surface area contributed by atoms with Crippen LogP contribution in [0.2, 0.25) is 0 Å². The van der Waals surface area contributed by atoms with E-state index in [9.17, 15) is 9.59 Å². The minimum absolute atomic E-state index is 0.00699. The lowest BCUT2D eigenvalue weighted by Gasteiger charge is -2.27. The number of rotatable bonds is 7. The molecule has 2 N–H and O–H groups in total. The second kappa shape index (κ2) is 9.91. The number of carbonyl (C=O) groups excluding carboxylic acids is 2. The van der Waals surface area contributed by atoms with Gasteiger partial charge in [0.1, 0.15) is 6.61 Å². The van der Waals surface area contributed by atoms with Gasteiger partial charge in [-0.2, -0.15) is 0 Å². The summed E-state index contributed by atoms with van der Waals surface area (Å²) in [5.41, 5.74) is 6.88. The van der Waals surface area contributed by atoms with Crippen molar-refractivity contribution in [1.29, 1.82) is 0 Å². The van der Waals surface area contributed by atoms with E-state index in [-0.39, 0.29) is 19.1 Å². The molecular weight excluding hydrogens is 350 g/mol. The highest BCUT2D eigenvalue weighted by atomic mass is 16.7. The van der Waals surface area contributed by atoms with Crippen LogP contribution in [0.25, 0.3) is 0 Å². The highest BCUT2D eigenvalue weighted by molar-refractivity contribution is 5.95. The van der Waals surface area contributed by atoms with Gasteiger partial charge in [0.15, 0.2) is 6.10 Å². The Hall–Kier alpha value is -2.61. The summed E-state index contributed by atoms with van der Waals surface area (Å²) in [7, 11) is 1.49. The van der Waals surface area contributed by atoms with E-state index in [0.717, 1.165) is 16.9 Å². The van der Waals surface area contributed by atoms with Gasteiger partial charge in [-0.3, -0.25) is 4.79 Å². The molecule has 1 heterocycles. The van der Waals surface area contributed by atoms with E-state index in [2.05, 4.69) is 5.16 Å². The van der Waals surface area contributed by atoms with Crippen LogP contribution in [0.15, 0.2) is 35.5 Å². The molecule has 1 aliphatic heterocycles. The van der Waals surface area contributed by atoms with E-state index < -0.39 is 24.1 Å². The molecule has 1 aliphatic rings. The number of hydrogen-bond acceptors (Lipinski definition) is 7. The number of nitrogens with zero attached hydrogens (tertiary/aromatic N) is 2. The number of amides is 2. The van der Waals surface area contributed by atoms with E-state index in [1.165, 1.54) is 7.11 Å². The molecule has 0 radical (unpaired) electrons. The molecule has 0 bridgehead atoms. The fraction of sp³-hybridized carbons (Fsp3) is 0.526. The number of nitrogens with two attached hydrogens (primary N) is 1.